The molecule has 56 heavy (non-hydrogen) atoms. The first-order valence-corrected chi connectivity index (χ1v) is 20.3. The number of likely N-dealkylation sites (tertiary alicyclic amines) is 1. The molecule has 300 valence electrons. The summed E-state index contributed by atoms with van der Waals surface area (Å²) >= 11 is 0. The van der Waals surface area contributed by atoms with E-state index in [4.69, 9.17) is 19.2 Å². The summed E-state index contributed by atoms with van der Waals surface area (Å²) in [5.41, 5.74) is -1.15. The van der Waals surface area contributed by atoms with E-state index in [1.165, 1.54) is 11.0 Å². The number of aromatic nitrogens is 1. The van der Waals surface area contributed by atoms with Crippen LogP contribution < -0.4 is 24.8 Å². The highest BCUT2D eigenvalue weighted by atomic mass is 32.2. The van der Waals surface area contributed by atoms with Crippen molar-refractivity contribution in [2.24, 2.45) is 17.3 Å². The standard InChI is InChI=1S/C41H51N5O9S/c1-9-26-22-41(26,37(49)45-56(51,52)28-16-17-28)44-35(47)25-19-33(46(23-25)36(48)34(39(2,3)4)43-38(50)55-40(5,6)7)54-32-21-30(24-13-11-10-12-14-24)42-31-20-27(53-8)15-18-29(31)32/h9-15,18,20-21,25-26,28,33-34H,1,16-17,19,22-23H2,2-8H3,(H,43,50)(H,44,47)(H,45,49)/t25-,26-,33+,34-,41-/m1/s1. The van der Waals surface area contributed by atoms with Crippen LogP contribution in [0.1, 0.15) is 67.2 Å². The number of alkyl carbamates (subject to hydrolysis) is 1. The molecule has 14 nitrogen and oxygen atoms in total. The zero-order chi connectivity index (χ0) is 40.8. The SMILES string of the molecule is C=C[C@@H]1C[C@]1(NC(=O)[C@@H]1C[C@H](Oc2cc(-c3ccccc3)nc3cc(OC)ccc23)N(C(=O)[C@@H](NC(=O)OC(C)(C)C)C(C)(C)C)C1)C(=O)NS(=O)(=O)C1CC1. The lowest BCUT2D eigenvalue weighted by atomic mass is 9.86. The maximum absolute atomic E-state index is 14.7. The van der Waals surface area contributed by atoms with E-state index >= 15 is 0 Å². The van der Waals surface area contributed by atoms with Gasteiger partial charge in [0.25, 0.3) is 5.91 Å². The lowest BCUT2D eigenvalue weighted by Crippen LogP contribution is -2.57. The number of hydrogen-bond donors (Lipinski definition) is 3. The van der Waals surface area contributed by atoms with E-state index in [9.17, 15) is 27.6 Å². The molecule has 2 aromatic carbocycles. The van der Waals surface area contributed by atoms with Crippen molar-refractivity contribution in [2.45, 2.75) is 95.9 Å². The zero-order valence-electron chi connectivity index (χ0n) is 32.9. The van der Waals surface area contributed by atoms with Crippen LogP contribution in [0.4, 0.5) is 4.79 Å². The number of carbonyl (C=O) groups excluding carboxylic acids is 4. The van der Waals surface area contributed by atoms with Gasteiger partial charge in [0, 0.05) is 42.0 Å². The van der Waals surface area contributed by atoms with Gasteiger partial charge in [-0.3, -0.25) is 19.1 Å². The third kappa shape index (κ3) is 8.77. The van der Waals surface area contributed by atoms with Crippen LogP contribution in [-0.2, 0) is 29.1 Å². The fraction of sp³-hybridized carbons (Fsp3) is 0.488. The number of carbonyl (C=O) groups is 4. The van der Waals surface area contributed by atoms with Crippen LogP contribution in [0.5, 0.6) is 11.5 Å². The van der Waals surface area contributed by atoms with E-state index in [1.54, 1.807) is 72.9 Å². The van der Waals surface area contributed by atoms with Crippen molar-refractivity contribution in [1.29, 1.82) is 0 Å². The molecular weight excluding hydrogens is 739 g/mol. The van der Waals surface area contributed by atoms with Gasteiger partial charge >= 0.3 is 6.09 Å². The molecule has 0 bridgehead atoms. The molecule has 3 aromatic rings. The van der Waals surface area contributed by atoms with Crippen molar-refractivity contribution in [3.63, 3.8) is 0 Å². The molecule has 0 unspecified atom stereocenters. The number of methoxy groups -OCH3 is 1. The molecule has 1 aromatic heterocycles. The zero-order valence-corrected chi connectivity index (χ0v) is 33.7. The second-order valence-electron chi connectivity index (χ2n) is 16.9. The smallest absolute Gasteiger partial charge is 0.408 e. The number of sulfonamides is 1. The van der Waals surface area contributed by atoms with E-state index in [2.05, 4.69) is 21.9 Å². The summed E-state index contributed by atoms with van der Waals surface area (Å²) in [4.78, 5) is 61.7. The predicted molar refractivity (Wildman–Crippen MR) is 210 cm³/mol. The largest absolute Gasteiger partial charge is 0.497 e. The second kappa shape index (κ2) is 15.1. The summed E-state index contributed by atoms with van der Waals surface area (Å²) in [6, 6.07) is 15.5. The number of benzene rings is 2. The summed E-state index contributed by atoms with van der Waals surface area (Å²) < 4.78 is 45.3. The van der Waals surface area contributed by atoms with Gasteiger partial charge in [-0.05, 0) is 57.6 Å². The van der Waals surface area contributed by atoms with Gasteiger partial charge in [-0.2, -0.15) is 0 Å². The Bertz CT molecular complexity index is 2140. The highest BCUT2D eigenvalue weighted by Crippen LogP contribution is 2.46. The van der Waals surface area contributed by atoms with Crippen LogP contribution in [0.3, 0.4) is 0 Å². The molecule has 2 saturated carbocycles. The molecule has 3 fully saturated rings. The van der Waals surface area contributed by atoms with Crippen LogP contribution in [-0.4, -0.2) is 84.4 Å². The molecule has 5 atom stereocenters. The molecule has 3 aliphatic rings. The third-order valence-corrected chi connectivity index (χ3v) is 12.1. The van der Waals surface area contributed by atoms with Gasteiger partial charge in [-0.25, -0.2) is 18.2 Å². The van der Waals surface area contributed by atoms with Crippen molar-refractivity contribution >= 4 is 44.7 Å². The molecule has 6 rings (SSSR count). The molecule has 0 radical (unpaired) electrons. The molecule has 2 aliphatic carbocycles. The molecule has 2 heterocycles. The van der Waals surface area contributed by atoms with Crippen molar-refractivity contribution in [2.75, 3.05) is 13.7 Å². The molecule has 0 spiro atoms. The van der Waals surface area contributed by atoms with Crippen LogP contribution in [0.2, 0.25) is 0 Å². The summed E-state index contributed by atoms with van der Waals surface area (Å²) in [6.07, 6.45) is 0.829. The molecule has 3 N–H and O–H groups in total. The lowest BCUT2D eigenvalue weighted by molar-refractivity contribution is -0.141. The monoisotopic (exact) mass is 789 g/mol. The first-order valence-electron chi connectivity index (χ1n) is 18.8. The number of ether oxygens (including phenoxy) is 3. The number of amides is 4. The number of nitrogens with one attached hydrogen (secondary N) is 3. The summed E-state index contributed by atoms with van der Waals surface area (Å²) in [5.74, 6) is -2.29. The Morgan fingerprint density at radius 2 is 1.71 bits per heavy atom. The molecule has 4 amide bonds. The average molecular weight is 790 g/mol. The van der Waals surface area contributed by atoms with Gasteiger partial charge in [0.1, 0.15) is 28.7 Å². The van der Waals surface area contributed by atoms with Crippen LogP contribution >= 0.6 is 0 Å². The number of rotatable bonds is 12. The molecule has 1 aliphatic heterocycles. The predicted octanol–water partition coefficient (Wildman–Crippen LogP) is 5.07. The van der Waals surface area contributed by atoms with Crippen molar-refractivity contribution < 1.29 is 41.8 Å². The minimum Gasteiger partial charge on any atom is -0.497 e. The number of pyridine rings is 1. The average Bonchev–Trinajstić information content (AvgIpc) is 4.06. The van der Waals surface area contributed by atoms with Gasteiger partial charge < -0.3 is 29.7 Å². The Labute approximate surface area is 327 Å². The highest BCUT2D eigenvalue weighted by molar-refractivity contribution is 7.91. The van der Waals surface area contributed by atoms with Crippen molar-refractivity contribution in [3.8, 4) is 22.8 Å². The van der Waals surface area contributed by atoms with Crippen molar-refractivity contribution in [1.82, 2.24) is 25.2 Å². The van der Waals surface area contributed by atoms with E-state index in [0.29, 0.717) is 40.9 Å². The van der Waals surface area contributed by atoms with Crippen molar-refractivity contribution in [3.05, 3.63) is 67.3 Å². The topological polar surface area (TPSA) is 182 Å². The minimum atomic E-state index is -3.89. The summed E-state index contributed by atoms with van der Waals surface area (Å²) in [7, 11) is -2.33. The fourth-order valence-corrected chi connectivity index (χ4v) is 8.28. The van der Waals surface area contributed by atoms with E-state index in [0.717, 1.165) is 5.56 Å². The lowest BCUT2D eigenvalue weighted by Gasteiger charge is -2.36. The maximum Gasteiger partial charge on any atom is 0.408 e. The Morgan fingerprint density at radius 1 is 1.02 bits per heavy atom. The third-order valence-electron chi connectivity index (χ3n) is 10.2. The van der Waals surface area contributed by atoms with Crippen LogP contribution in [0.25, 0.3) is 22.2 Å². The van der Waals surface area contributed by atoms with E-state index < -0.39 is 79.7 Å². The summed E-state index contributed by atoms with van der Waals surface area (Å²) in [5, 5.41) is 5.58. The normalized spacial score (nSPS) is 22.8. The van der Waals surface area contributed by atoms with Gasteiger partial charge in [0.2, 0.25) is 21.8 Å². The second-order valence-corrected chi connectivity index (χ2v) is 18.8. The quantitative estimate of drug-likeness (QED) is 0.210. The van der Waals surface area contributed by atoms with Crippen LogP contribution in [0.15, 0.2) is 67.3 Å². The van der Waals surface area contributed by atoms with Gasteiger partial charge in [-0.1, -0.05) is 57.2 Å². The van der Waals surface area contributed by atoms with E-state index in [1.807, 2.05) is 30.3 Å². The minimum absolute atomic E-state index is 0.0122. The van der Waals surface area contributed by atoms with Gasteiger partial charge in [0.15, 0.2) is 6.23 Å². The first-order chi connectivity index (χ1) is 26.2. The Morgan fingerprint density at radius 3 is 2.30 bits per heavy atom. The Hall–Kier alpha value is -5.18. The molecule has 15 heteroatoms. The van der Waals surface area contributed by atoms with Gasteiger partial charge in [-0.15, -0.1) is 6.58 Å². The number of fused-ring (bicyclic) bond motifs is 1. The molecular formula is C41H51N5O9S. The Balaban J connectivity index is 1.35. The maximum atomic E-state index is 14.7. The highest BCUT2D eigenvalue weighted by Gasteiger charge is 2.61. The van der Waals surface area contributed by atoms with Crippen LogP contribution in [0, 0.1) is 17.3 Å². The molecule has 1 saturated heterocycles. The summed E-state index contributed by atoms with van der Waals surface area (Å²) in [6.45, 7) is 14.2. The first kappa shape index (κ1) is 40.5. The van der Waals surface area contributed by atoms with E-state index in [-0.39, 0.29) is 19.4 Å². The number of nitrogens with zero attached hydrogens (tertiary/aromatic N) is 2. The fourth-order valence-electron chi connectivity index (χ4n) is 6.92. The number of hydrogen-bond acceptors (Lipinski definition) is 10. The van der Waals surface area contributed by atoms with Gasteiger partial charge in [0.05, 0.1) is 29.5 Å². The Kier molecular flexibility index (Phi) is 10.9.